The van der Waals surface area contributed by atoms with E-state index in [4.69, 9.17) is 0 Å². The van der Waals surface area contributed by atoms with Gasteiger partial charge in [-0.1, -0.05) is 41.2 Å². The van der Waals surface area contributed by atoms with Gasteiger partial charge in [-0.2, -0.15) is 13.7 Å². The summed E-state index contributed by atoms with van der Waals surface area (Å²) in [5.74, 6) is 0. The highest BCUT2D eigenvalue weighted by Crippen LogP contribution is 2.31. The molecule has 1 aliphatic heterocycles. The quantitative estimate of drug-likeness (QED) is 0.632. The third-order valence-electron chi connectivity index (χ3n) is 2.70. The highest BCUT2D eigenvalue weighted by atomic mass is 32.2. The second kappa shape index (κ2) is 6.16. The van der Waals surface area contributed by atoms with Crippen molar-refractivity contribution in [1.29, 1.82) is 5.26 Å². The van der Waals surface area contributed by atoms with E-state index in [1.54, 1.807) is 11.5 Å². The summed E-state index contributed by atoms with van der Waals surface area (Å²) >= 11 is 1.21. The highest BCUT2D eigenvalue weighted by molar-refractivity contribution is 8.17. The Balaban J connectivity index is 2.51. The lowest BCUT2D eigenvalue weighted by Gasteiger charge is -2.07. The molecule has 1 aromatic carbocycles. The largest absolute Gasteiger partial charge is 0.325 e. The van der Waals surface area contributed by atoms with E-state index in [2.05, 4.69) is 15.5 Å². The fourth-order valence-corrected chi connectivity index (χ4v) is 2.75. The summed E-state index contributed by atoms with van der Waals surface area (Å²) in [7, 11) is -3.67. The van der Waals surface area contributed by atoms with Crippen molar-refractivity contribution in [1.82, 2.24) is 0 Å². The maximum absolute atomic E-state index is 11.0. The molecule has 108 valence electrons. The Hall–Kier alpha value is -2.04. The van der Waals surface area contributed by atoms with Crippen molar-refractivity contribution in [2.45, 2.75) is 6.92 Å². The number of allylic oxidation sites excluding steroid dienone is 2. The number of hydrogen-bond acceptors (Lipinski definition) is 6. The van der Waals surface area contributed by atoms with Crippen molar-refractivity contribution in [3.05, 3.63) is 52.4 Å². The summed E-state index contributed by atoms with van der Waals surface area (Å²) in [5, 5.41) is 15.1. The standard InChI is InChI=1S/C14H12N2O3S2/c1-10-5-3-4-6-11(10)13(9-15)12-7-8-20-14(12)16-19-21(2,17)18/h3-8H,1-2H3/b13-12+,16-14+. The first-order valence-corrected chi connectivity index (χ1v) is 8.62. The minimum atomic E-state index is -3.67. The predicted octanol–water partition coefficient (Wildman–Crippen LogP) is 2.82. The average molecular weight is 320 g/mol. The molecule has 5 nitrogen and oxygen atoms in total. The molecule has 2 rings (SSSR count). The predicted molar refractivity (Wildman–Crippen MR) is 83.8 cm³/mol. The van der Waals surface area contributed by atoms with Crippen molar-refractivity contribution in [2.75, 3.05) is 6.26 Å². The Morgan fingerprint density at radius 2 is 2.10 bits per heavy atom. The molecule has 0 fully saturated rings. The number of aryl methyl sites for hydroxylation is 1. The third kappa shape index (κ3) is 3.74. The van der Waals surface area contributed by atoms with E-state index in [9.17, 15) is 13.7 Å². The summed E-state index contributed by atoms with van der Waals surface area (Å²) in [6.45, 7) is 1.91. The van der Waals surface area contributed by atoms with Crippen LogP contribution in [0.4, 0.5) is 0 Å². The lowest BCUT2D eigenvalue weighted by Crippen LogP contribution is -2.02. The van der Waals surface area contributed by atoms with Gasteiger partial charge < -0.3 is 0 Å². The zero-order valence-electron chi connectivity index (χ0n) is 11.4. The normalized spacial score (nSPS) is 18.6. The van der Waals surface area contributed by atoms with E-state index in [0.29, 0.717) is 16.2 Å². The molecule has 7 heteroatoms. The number of thioether (sulfide) groups is 1. The molecule has 0 saturated heterocycles. The van der Waals surface area contributed by atoms with Gasteiger partial charge in [0.25, 0.3) is 0 Å². The molecule has 1 heterocycles. The number of hydrogen-bond donors (Lipinski definition) is 0. The van der Waals surface area contributed by atoms with Gasteiger partial charge in [0, 0.05) is 5.57 Å². The zero-order chi connectivity index (χ0) is 15.5. The molecule has 0 amide bonds. The zero-order valence-corrected chi connectivity index (χ0v) is 13.0. The van der Waals surface area contributed by atoms with Crippen LogP contribution in [-0.2, 0) is 14.4 Å². The van der Waals surface area contributed by atoms with Crippen molar-refractivity contribution in [2.24, 2.45) is 5.16 Å². The fourth-order valence-electron chi connectivity index (χ4n) is 1.78. The maximum Gasteiger partial charge on any atom is 0.325 e. The first kappa shape index (κ1) is 15.4. The number of rotatable bonds is 3. The van der Waals surface area contributed by atoms with Crippen LogP contribution in [0.15, 0.2) is 46.5 Å². The van der Waals surface area contributed by atoms with Gasteiger partial charge in [0.2, 0.25) is 0 Å². The lowest BCUT2D eigenvalue weighted by atomic mass is 9.97. The van der Waals surface area contributed by atoms with Crippen molar-refractivity contribution in [3.8, 4) is 6.07 Å². The number of oxime groups is 1. The molecule has 0 saturated carbocycles. The van der Waals surface area contributed by atoms with E-state index in [1.807, 2.05) is 31.2 Å². The molecule has 21 heavy (non-hydrogen) atoms. The summed E-state index contributed by atoms with van der Waals surface area (Å²) < 4.78 is 26.5. The Labute approximate surface area is 127 Å². The molecule has 1 aliphatic rings. The topological polar surface area (TPSA) is 79.5 Å². The Morgan fingerprint density at radius 1 is 1.38 bits per heavy atom. The van der Waals surface area contributed by atoms with Gasteiger partial charge in [-0.25, -0.2) is 0 Å². The number of nitrogens with zero attached hydrogens (tertiary/aromatic N) is 2. The first-order valence-electron chi connectivity index (χ1n) is 5.93. The van der Waals surface area contributed by atoms with Crippen LogP contribution in [-0.4, -0.2) is 19.7 Å². The Kier molecular flexibility index (Phi) is 4.50. The van der Waals surface area contributed by atoms with Gasteiger partial charge in [0.1, 0.15) is 11.1 Å². The van der Waals surface area contributed by atoms with Gasteiger partial charge in [0.05, 0.1) is 11.8 Å². The monoisotopic (exact) mass is 320 g/mol. The van der Waals surface area contributed by atoms with Crippen LogP contribution in [0.2, 0.25) is 0 Å². The van der Waals surface area contributed by atoms with Gasteiger partial charge in [-0.3, -0.25) is 4.28 Å². The second-order valence-corrected chi connectivity index (χ2v) is 6.76. The Bertz CT molecular complexity index is 800. The second-order valence-electron chi connectivity index (χ2n) is 4.31. The molecule has 0 aromatic heterocycles. The first-order chi connectivity index (χ1) is 9.92. The van der Waals surface area contributed by atoms with Crippen molar-refractivity contribution < 1.29 is 12.7 Å². The van der Waals surface area contributed by atoms with Crippen molar-refractivity contribution >= 4 is 32.5 Å². The molecule has 0 spiro atoms. The molecule has 0 N–H and O–H groups in total. The van der Waals surface area contributed by atoms with Gasteiger partial charge in [-0.15, -0.1) is 0 Å². The van der Waals surface area contributed by atoms with Crippen molar-refractivity contribution in [3.63, 3.8) is 0 Å². The molecule has 0 bridgehead atoms. The minimum Gasteiger partial charge on any atom is -0.268 e. The van der Waals surface area contributed by atoms with Crippen LogP contribution >= 0.6 is 11.8 Å². The molecule has 0 radical (unpaired) electrons. The summed E-state index contributed by atoms with van der Waals surface area (Å²) in [6, 6.07) is 9.63. The smallest absolute Gasteiger partial charge is 0.268 e. The molecule has 0 aliphatic carbocycles. The van der Waals surface area contributed by atoms with Gasteiger partial charge in [-0.05, 0) is 29.5 Å². The van der Waals surface area contributed by atoms with Gasteiger partial charge >= 0.3 is 10.1 Å². The summed E-state index contributed by atoms with van der Waals surface area (Å²) in [5.41, 5.74) is 2.73. The average Bonchev–Trinajstić information content (AvgIpc) is 2.87. The molecular weight excluding hydrogens is 308 g/mol. The molecule has 1 aromatic rings. The maximum atomic E-state index is 11.0. The van der Waals surface area contributed by atoms with Crippen LogP contribution in [0.3, 0.4) is 0 Å². The van der Waals surface area contributed by atoms with E-state index in [1.165, 1.54) is 11.8 Å². The minimum absolute atomic E-state index is 0.347. The Morgan fingerprint density at radius 3 is 2.71 bits per heavy atom. The summed E-state index contributed by atoms with van der Waals surface area (Å²) in [6.07, 6.45) is 2.64. The van der Waals surface area contributed by atoms with Crippen LogP contribution in [0.1, 0.15) is 11.1 Å². The highest BCUT2D eigenvalue weighted by Gasteiger charge is 2.19. The molecule has 0 atom stereocenters. The van der Waals surface area contributed by atoms with E-state index in [-0.39, 0.29) is 0 Å². The fraction of sp³-hybridized carbons (Fsp3) is 0.143. The molecular formula is C14H12N2O3S2. The van der Waals surface area contributed by atoms with E-state index in [0.717, 1.165) is 17.4 Å². The van der Waals surface area contributed by atoms with Crippen LogP contribution in [0.5, 0.6) is 0 Å². The van der Waals surface area contributed by atoms with Crippen LogP contribution < -0.4 is 0 Å². The van der Waals surface area contributed by atoms with E-state index >= 15 is 0 Å². The SMILES string of the molecule is Cc1ccccc1/C(C#N)=C1\C=CS\C1=N\OS(C)(=O)=O. The number of nitriles is 1. The third-order valence-corrected chi connectivity index (χ3v) is 3.83. The lowest BCUT2D eigenvalue weighted by molar-refractivity contribution is 0.345. The van der Waals surface area contributed by atoms with Gasteiger partial charge in [0.15, 0.2) is 0 Å². The van der Waals surface area contributed by atoms with E-state index < -0.39 is 10.1 Å². The molecule has 0 unspecified atom stereocenters. The van der Waals surface area contributed by atoms with Crippen LogP contribution in [0.25, 0.3) is 5.57 Å². The summed E-state index contributed by atoms with van der Waals surface area (Å²) in [4.78, 5) is 0. The number of benzene rings is 1. The van der Waals surface area contributed by atoms with Crippen LogP contribution in [0, 0.1) is 18.3 Å².